The van der Waals surface area contributed by atoms with Gasteiger partial charge < -0.3 is 0 Å². The number of fused-ring (bicyclic) bond motifs is 1. The summed E-state index contributed by atoms with van der Waals surface area (Å²) >= 11 is 1.46. The Morgan fingerprint density at radius 2 is 1.96 bits per heavy atom. The molecule has 0 N–H and O–H groups in total. The van der Waals surface area contributed by atoms with Gasteiger partial charge in [-0.25, -0.2) is 14.7 Å². The van der Waals surface area contributed by atoms with Gasteiger partial charge in [0.1, 0.15) is 6.33 Å². The van der Waals surface area contributed by atoms with Crippen LogP contribution in [0.25, 0.3) is 10.1 Å². The zero-order valence-electron chi connectivity index (χ0n) is 13.0. The first-order valence-corrected chi connectivity index (χ1v) is 8.39. The number of thiophene rings is 1. The van der Waals surface area contributed by atoms with Gasteiger partial charge in [0.15, 0.2) is 0 Å². The van der Waals surface area contributed by atoms with Crippen LogP contribution in [0.2, 0.25) is 0 Å². The van der Waals surface area contributed by atoms with Gasteiger partial charge in [-0.1, -0.05) is 18.2 Å². The van der Waals surface area contributed by atoms with E-state index in [2.05, 4.69) is 11.1 Å². The number of carbonyl (C=O) groups excluding carboxylic acids is 1. The molecule has 0 radical (unpaired) electrons. The largest absolute Gasteiger partial charge is 0.287 e. The van der Waals surface area contributed by atoms with Crippen LogP contribution in [0.3, 0.4) is 0 Å². The Labute approximate surface area is 148 Å². The minimum absolute atomic E-state index is 0.149. The Balaban J connectivity index is 1.79. The molecule has 0 saturated carbocycles. The first-order valence-electron chi connectivity index (χ1n) is 7.58. The van der Waals surface area contributed by atoms with Crippen LogP contribution >= 0.6 is 11.3 Å². The van der Waals surface area contributed by atoms with Crippen molar-refractivity contribution in [1.29, 1.82) is 5.26 Å². The van der Waals surface area contributed by atoms with Gasteiger partial charge >= 0.3 is 0 Å². The van der Waals surface area contributed by atoms with Crippen LogP contribution in [0.5, 0.6) is 0 Å². The molecule has 5 nitrogen and oxygen atoms in total. The van der Waals surface area contributed by atoms with Crippen molar-refractivity contribution in [2.45, 2.75) is 0 Å². The second-order valence-electron chi connectivity index (χ2n) is 5.37. The van der Waals surface area contributed by atoms with Crippen molar-refractivity contribution in [3.8, 4) is 6.07 Å². The molecule has 0 aliphatic rings. The number of rotatable bonds is 3. The summed E-state index contributed by atoms with van der Waals surface area (Å²) in [6.45, 7) is 0. The summed E-state index contributed by atoms with van der Waals surface area (Å²) in [4.78, 5) is 17.9. The molecule has 4 rings (SSSR count). The van der Waals surface area contributed by atoms with Gasteiger partial charge in [0.25, 0.3) is 5.91 Å². The first kappa shape index (κ1) is 15.1. The van der Waals surface area contributed by atoms with Crippen LogP contribution < -0.4 is 5.01 Å². The molecule has 0 saturated heterocycles. The maximum Gasteiger partial charge on any atom is 0.287 e. The van der Waals surface area contributed by atoms with Crippen molar-refractivity contribution in [2.75, 3.05) is 5.01 Å². The topological polar surface area (TPSA) is 61.9 Å². The van der Waals surface area contributed by atoms with Crippen LogP contribution in [0.15, 0.2) is 73.3 Å². The molecule has 0 atom stereocenters. The summed E-state index contributed by atoms with van der Waals surface area (Å²) in [5.74, 6) is -0.149. The number of nitrogens with zero attached hydrogens (tertiary/aromatic N) is 4. The molecular weight excluding hydrogens is 332 g/mol. The molecule has 2 heterocycles. The fourth-order valence-corrected chi connectivity index (χ4v) is 3.58. The summed E-state index contributed by atoms with van der Waals surface area (Å²) in [7, 11) is 0. The maximum atomic E-state index is 13.2. The van der Waals surface area contributed by atoms with E-state index in [1.165, 1.54) is 11.3 Å². The molecule has 2 aromatic carbocycles. The molecule has 120 valence electrons. The zero-order chi connectivity index (χ0) is 17.2. The highest BCUT2D eigenvalue weighted by Crippen LogP contribution is 2.28. The Morgan fingerprint density at radius 3 is 2.64 bits per heavy atom. The summed E-state index contributed by atoms with van der Waals surface area (Å²) < 4.78 is 2.70. The average Bonchev–Trinajstić information content (AvgIpc) is 3.32. The normalized spacial score (nSPS) is 10.5. The molecule has 0 unspecified atom stereocenters. The predicted octanol–water partition coefficient (Wildman–Crippen LogP) is 4.08. The lowest BCUT2D eigenvalue weighted by Crippen LogP contribution is -2.34. The second kappa shape index (κ2) is 6.23. The average molecular weight is 344 g/mol. The van der Waals surface area contributed by atoms with Crippen molar-refractivity contribution < 1.29 is 4.79 Å². The summed E-state index contributed by atoms with van der Waals surface area (Å²) in [5, 5.41) is 11.6. The van der Waals surface area contributed by atoms with Crippen molar-refractivity contribution in [1.82, 2.24) is 9.66 Å². The van der Waals surface area contributed by atoms with Gasteiger partial charge in [-0.15, -0.1) is 11.3 Å². The molecule has 2 aromatic heterocycles. The summed E-state index contributed by atoms with van der Waals surface area (Å²) in [5.41, 5.74) is 1.21. The molecule has 0 spiro atoms. The third kappa shape index (κ3) is 2.77. The van der Waals surface area contributed by atoms with E-state index in [1.807, 2.05) is 30.3 Å². The van der Waals surface area contributed by atoms with Gasteiger partial charge in [-0.3, -0.25) is 4.79 Å². The molecule has 25 heavy (non-hydrogen) atoms. The Morgan fingerprint density at radius 1 is 1.16 bits per heavy atom. The Bertz CT molecular complexity index is 1040. The number of hydrogen-bond donors (Lipinski definition) is 0. The number of anilines is 1. The van der Waals surface area contributed by atoms with Gasteiger partial charge in [-0.05, 0) is 41.8 Å². The fraction of sp³-hybridized carbons (Fsp3) is 0. The van der Waals surface area contributed by atoms with Crippen LogP contribution in [0, 0.1) is 11.3 Å². The third-order valence-corrected chi connectivity index (χ3v) is 4.90. The van der Waals surface area contributed by atoms with Gasteiger partial charge in [0.2, 0.25) is 0 Å². The van der Waals surface area contributed by atoms with Crippen LogP contribution in [0.1, 0.15) is 15.2 Å². The van der Waals surface area contributed by atoms with Gasteiger partial charge in [0, 0.05) is 17.1 Å². The SMILES string of the molecule is N#Cc1ccc(N(C(=O)c2cc3ccccc3s2)n2ccnc2)cc1. The van der Waals surface area contributed by atoms with Crippen molar-refractivity contribution >= 4 is 33.0 Å². The van der Waals surface area contributed by atoms with Crippen molar-refractivity contribution in [3.05, 3.63) is 83.8 Å². The van der Waals surface area contributed by atoms with E-state index >= 15 is 0 Å². The number of amides is 1. The molecule has 6 heteroatoms. The number of hydrogen-bond acceptors (Lipinski definition) is 4. The quantitative estimate of drug-likeness (QED) is 0.562. The highest BCUT2D eigenvalue weighted by Gasteiger charge is 2.21. The minimum atomic E-state index is -0.149. The summed E-state index contributed by atoms with van der Waals surface area (Å²) in [6.07, 6.45) is 4.90. The molecule has 0 bridgehead atoms. The third-order valence-electron chi connectivity index (χ3n) is 3.79. The van der Waals surface area contributed by atoms with E-state index in [-0.39, 0.29) is 5.91 Å². The molecular formula is C19H12N4OS. The Hall–Kier alpha value is -3.43. The lowest BCUT2D eigenvalue weighted by molar-refractivity contribution is 0.0980. The molecule has 0 aliphatic carbocycles. The van der Waals surface area contributed by atoms with Crippen LogP contribution in [-0.4, -0.2) is 15.6 Å². The fourth-order valence-electron chi connectivity index (χ4n) is 2.59. The maximum absolute atomic E-state index is 13.2. The Kier molecular flexibility index (Phi) is 3.77. The van der Waals surface area contributed by atoms with E-state index in [1.54, 1.807) is 52.7 Å². The minimum Gasteiger partial charge on any atom is -0.266 e. The number of carbonyl (C=O) groups is 1. The lowest BCUT2D eigenvalue weighted by atomic mass is 10.2. The van der Waals surface area contributed by atoms with Gasteiger partial charge in [-0.2, -0.15) is 5.26 Å². The number of imidazole rings is 1. The molecule has 1 amide bonds. The predicted molar refractivity (Wildman–Crippen MR) is 97.4 cm³/mol. The standard InChI is InChI=1S/C19H12N4OS/c20-12-14-5-7-16(8-6-14)23(22-10-9-21-13-22)19(24)18-11-15-3-1-2-4-17(15)25-18/h1-11,13H. The van der Waals surface area contributed by atoms with E-state index in [9.17, 15) is 4.79 Å². The number of nitriles is 1. The smallest absolute Gasteiger partial charge is 0.266 e. The van der Waals surface area contributed by atoms with Crippen molar-refractivity contribution in [3.63, 3.8) is 0 Å². The van der Waals surface area contributed by atoms with Gasteiger partial charge in [0.05, 0.1) is 22.2 Å². The highest BCUT2D eigenvalue weighted by molar-refractivity contribution is 7.20. The molecule has 0 fully saturated rings. The monoisotopic (exact) mass is 344 g/mol. The molecule has 0 aliphatic heterocycles. The van der Waals surface area contributed by atoms with E-state index in [4.69, 9.17) is 5.26 Å². The number of aromatic nitrogens is 2. The number of benzene rings is 2. The second-order valence-corrected chi connectivity index (χ2v) is 6.45. The first-order chi connectivity index (χ1) is 12.3. The van der Waals surface area contributed by atoms with E-state index in [0.717, 1.165) is 10.1 Å². The highest BCUT2D eigenvalue weighted by atomic mass is 32.1. The van der Waals surface area contributed by atoms with E-state index < -0.39 is 0 Å². The summed E-state index contributed by atoms with van der Waals surface area (Å²) in [6, 6.07) is 18.8. The van der Waals surface area contributed by atoms with Crippen molar-refractivity contribution in [2.24, 2.45) is 0 Å². The lowest BCUT2D eigenvalue weighted by Gasteiger charge is -2.22. The van der Waals surface area contributed by atoms with Crippen LogP contribution in [-0.2, 0) is 0 Å². The molecule has 4 aromatic rings. The zero-order valence-corrected chi connectivity index (χ0v) is 13.9. The van der Waals surface area contributed by atoms with E-state index in [0.29, 0.717) is 16.1 Å². The van der Waals surface area contributed by atoms with Crippen LogP contribution in [0.4, 0.5) is 5.69 Å².